The highest BCUT2D eigenvalue weighted by molar-refractivity contribution is 6.30. The average molecular weight is 506 g/mol. The quantitative estimate of drug-likeness (QED) is 0.446. The number of amides is 2. The van der Waals surface area contributed by atoms with Crippen molar-refractivity contribution in [2.75, 3.05) is 44.2 Å². The van der Waals surface area contributed by atoms with Crippen molar-refractivity contribution in [2.45, 2.75) is 20.3 Å². The normalized spacial score (nSPS) is 14.4. The highest BCUT2D eigenvalue weighted by Gasteiger charge is 2.26. The molecule has 0 saturated carbocycles. The highest BCUT2D eigenvalue weighted by Crippen LogP contribution is 2.19. The number of hydrogen-bond donors (Lipinski definition) is 0. The number of anilines is 1. The van der Waals surface area contributed by atoms with Gasteiger partial charge in [-0.25, -0.2) is 0 Å². The van der Waals surface area contributed by atoms with Crippen LogP contribution in [0, 0.1) is 5.92 Å². The van der Waals surface area contributed by atoms with Gasteiger partial charge in [-0.05, 0) is 42.3 Å². The Labute approximate surface area is 217 Å². The highest BCUT2D eigenvalue weighted by atomic mass is 35.5. The second kappa shape index (κ2) is 12.0. The van der Waals surface area contributed by atoms with E-state index in [9.17, 15) is 9.59 Å². The molecule has 4 rings (SSSR count). The average Bonchev–Trinajstić information content (AvgIpc) is 2.93. The van der Waals surface area contributed by atoms with Gasteiger partial charge in [0.1, 0.15) is 6.54 Å². The van der Waals surface area contributed by atoms with Gasteiger partial charge < -0.3 is 14.7 Å². The first-order valence-corrected chi connectivity index (χ1v) is 12.8. The maximum absolute atomic E-state index is 13.2. The molecule has 0 N–H and O–H groups in total. The van der Waals surface area contributed by atoms with Crippen LogP contribution in [-0.2, 0) is 4.79 Å². The van der Waals surface area contributed by atoms with Crippen LogP contribution in [0.1, 0.15) is 30.6 Å². The summed E-state index contributed by atoms with van der Waals surface area (Å²) in [6.07, 6.45) is 0.932. The maximum atomic E-state index is 13.2. The summed E-state index contributed by atoms with van der Waals surface area (Å²) in [6.45, 7) is 7.27. The molecule has 0 bridgehead atoms. The minimum Gasteiger partial charge on any atom is -0.352 e. The number of halogens is 1. The summed E-state index contributed by atoms with van der Waals surface area (Å²) in [4.78, 5) is 32.0. The third-order valence-corrected chi connectivity index (χ3v) is 6.86. The molecular formula is C28H32ClN5O2. The summed E-state index contributed by atoms with van der Waals surface area (Å²) in [7, 11) is 0. The smallest absolute Gasteiger partial charge is 0.254 e. The molecule has 8 heteroatoms. The third kappa shape index (κ3) is 6.40. The van der Waals surface area contributed by atoms with Crippen LogP contribution in [-0.4, -0.2) is 71.1 Å². The monoisotopic (exact) mass is 505 g/mol. The molecule has 1 fully saturated rings. The standard InChI is InChI=1S/C28H32ClN5O2/c1-3-21(2)19-34(28(36)23-9-11-24(29)12-10-23)20-27(35)33-17-15-32(16-18-33)26-14-13-25(30-31-26)22-7-5-4-6-8-22/h4-14,21H,3,15-20H2,1-2H3. The third-order valence-electron chi connectivity index (χ3n) is 6.61. The molecule has 2 aromatic carbocycles. The Balaban J connectivity index is 1.36. The molecular weight excluding hydrogens is 474 g/mol. The fraction of sp³-hybridized carbons (Fsp3) is 0.357. The van der Waals surface area contributed by atoms with Gasteiger partial charge in [-0.15, -0.1) is 10.2 Å². The van der Waals surface area contributed by atoms with E-state index in [1.807, 2.05) is 47.4 Å². The van der Waals surface area contributed by atoms with Crippen molar-refractivity contribution in [3.8, 4) is 11.3 Å². The van der Waals surface area contributed by atoms with Crippen LogP contribution < -0.4 is 4.90 Å². The van der Waals surface area contributed by atoms with E-state index < -0.39 is 0 Å². The molecule has 2 heterocycles. The van der Waals surface area contributed by atoms with E-state index >= 15 is 0 Å². The molecule has 7 nitrogen and oxygen atoms in total. The number of carbonyl (C=O) groups excluding carboxylic acids is 2. The van der Waals surface area contributed by atoms with Gasteiger partial charge in [0.15, 0.2) is 5.82 Å². The fourth-order valence-corrected chi connectivity index (χ4v) is 4.33. The predicted molar refractivity (Wildman–Crippen MR) is 143 cm³/mol. The Hall–Kier alpha value is -3.45. The van der Waals surface area contributed by atoms with Gasteiger partial charge in [-0.3, -0.25) is 9.59 Å². The van der Waals surface area contributed by atoms with Crippen molar-refractivity contribution in [2.24, 2.45) is 5.92 Å². The number of nitrogens with zero attached hydrogens (tertiary/aromatic N) is 5. The summed E-state index contributed by atoms with van der Waals surface area (Å²) < 4.78 is 0. The number of aromatic nitrogens is 2. The van der Waals surface area contributed by atoms with Crippen LogP contribution >= 0.6 is 11.6 Å². The SMILES string of the molecule is CCC(C)CN(CC(=O)N1CCN(c2ccc(-c3ccccc3)nn2)CC1)C(=O)c1ccc(Cl)cc1. The van der Waals surface area contributed by atoms with Crippen LogP contribution in [0.15, 0.2) is 66.7 Å². The first-order chi connectivity index (χ1) is 17.4. The number of piperazine rings is 1. The topological polar surface area (TPSA) is 69.6 Å². The molecule has 1 atom stereocenters. The number of hydrogen-bond acceptors (Lipinski definition) is 5. The molecule has 0 spiro atoms. The molecule has 188 valence electrons. The van der Waals surface area contributed by atoms with Crippen molar-refractivity contribution < 1.29 is 9.59 Å². The number of carbonyl (C=O) groups is 2. The minimum atomic E-state index is -0.146. The van der Waals surface area contributed by atoms with Gasteiger partial charge >= 0.3 is 0 Å². The molecule has 1 aliphatic heterocycles. The zero-order chi connectivity index (χ0) is 25.5. The minimum absolute atomic E-state index is 0.0363. The first-order valence-electron chi connectivity index (χ1n) is 12.4. The van der Waals surface area contributed by atoms with Crippen LogP contribution in [0.3, 0.4) is 0 Å². The van der Waals surface area contributed by atoms with E-state index in [0.717, 1.165) is 23.5 Å². The zero-order valence-corrected chi connectivity index (χ0v) is 21.6. The summed E-state index contributed by atoms with van der Waals surface area (Å²) >= 11 is 5.98. The predicted octanol–water partition coefficient (Wildman–Crippen LogP) is 4.63. The van der Waals surface area contributed by atoms with E-state index in [2.05, 4.69) is 28.9 Å². The van der Waals surface area contributed by atoms with Crippen molar-refractivity contribution in [3.63, 3.8) is 0 Å². The summed E-state index contributed by atoms with van der Waals surface area (Å²) in [6, 6.07) is 20.7. The zero-order valence-electron chi connectivity index (χ0n) is 20.8. The molecule has 1 aromatic heterocycles. The molecule has 36 heavy (non-hydrogen) atoms. The second-order valence-corrected chi connectivity index (χ2v) is 9.65. The van der Waals surface area contributed by atoms with Crippen LogP contribution in [0.4, 0.5) is 5.82 Å². The summed E-state index contributed by atoms with van der Waals surface area (Å²) in [5, 5.41) is 9.37. The lowest BCUT2D eigenvalue weighted by Crippen LogP contribution is -2.52. The maximum Gasteiger partial charge on any atom is 0.254 e. The largest absolute Gasteiger partial charge is 0.352 e. The van der Waals surface area contributed by atoms with Crippen molar-refractivity contribution in [1.29, 1.82) is 0 Å². The number of benzene rings is 2. The van der Waals surface area contributed by atoms with Crippen molar-refractivity contribution >= 4 is 29.2 Å². The lowest BCUT2D eigenvalue weighted by atomic mass is 10.1. The van der Waals surface area contributed by atoms with Gasteiger partial charge in [0.05, 0.1) is 5.69 Å². The molecule has 3 aromatic rings. The molecule has 1 saturated heterocycles. The van der Waals surface area contributed by atoms with Gasteiger partial charge in [-0.1, -0.05) is 62.2 Å². The Kier molecular flexibility index (Phi) is 8.54. The summed E-state index contributed by atoms with van der Waals surface area (Å²) in [5.74, 6) is 0.917. The Morgan fingerprint density at radius 2 is 1.64 bits per heavy atom. The van der Waals surface area contributed by atoms with Crippen molar-refractivity contribution in [3.05, 3.63) is 77.3 Å². The molecule has 0 radical (unpaired) electrons. The molecule has 2 amide bonds. The summed E-state index contributed by atoms with van der Waals surface area (Å²) in [5.41, 5.74) is 2.40. The van der Waals surface area contributed by atoms with Gasteiger partial charge in [0, 0.05) is 48.9 Å². The van der Waals surface area contributed by atoms with E-state index in [4.69, 9.17) is 11.6 Å². The van der Waals surface area contributed by atoms with Gasteiger partial charge in [0.2, 0.25) is 5.91 Å². The lowest BCUT2D eigenvalue weighted by Gasteiger charge is -2.36. The Morgan fingerprint density at radius 1 is 0.944 bits per heavy atom. The fourth-order valence-electron chi connectivity index (χ4n) is 4.20. The van der Waals surface area contributed by atoms with Crippen LogP contribution in [0.25, 0.3) is 11.3 Å². The van der Waals surface area contributed by atoms with E-state index in [1.54, 1.807) is 29.2 Å². The number of rotatable bonds is 8. The van der Waals surface area contributed by atoms with E-state index in [1.165, 1.54) is 0 Å². The van der Waals surface area contributed by atoms with E-state index in [0.29, 0.717) is 49.2 Å². The van der Waals surface area contributed by atoms with Gasteiger partial charge in [0.25, 0.3) is 5.91 Å². The van der Waals surface area contributed by atoms with Crippen molar-refractivity contribution in [1.82, 2.24) is 20.0 Å². The van der Waals surface area contributed by atoms with E-state index in [-0.39, 0.29) is 18.4 Å². The van der Waals surface area contributed by atoms with Gasteiger partial charge in [-0.2, -0.15) is 0 Å². The lowest BCUT2D eigenvalue weighted by molar-refractivity contribution is -0.132. The molecule has 0 aliphatic carbocycles. The Morgan fingerprint density at radius 3 is 2.25 bits per heavy atom. The first kappa shape index (κ1) is 25.6. The van der Waals surface area contributed by atoms with Crippen LogP contribution in [0.2, 0.25) is 5.02 Å². The Bertz CT molecular complexity index is 1150. The second-order valence-electron chi connectivity index (χ2n) is 9.22. The molecule has 1 unspecified atom stereocenters. The molecule has 1 aliphatic rings. The van der Waals surface area contributed by atoms with Crippen LogP contribution in [0.5, 0.6) is 0 Å².